The first-order chi connectivity index (χ1) is 10.3. The number of nitrogens with zero attached hydrogens (tertiary/aromatic N) is 2. The minimum atomic E-state index is -4.85. The van der Waals surface area contributed by atoms with Crippen LogP contribution in [0.5, 0.6) is 0 Å². The van der Waals surface area contributed by atoms with Crippen molar-refractivity contribution in [2.75, 3.05) is 11.1 Å². The number of hydrogen-bond donors (Lipinski definition) is 2. The minimum Gasteiger partial charge on any atom is -0.383 e. The van der Waals surface area contributed by atoms with Crippen molar-refractivity contribution in [2.45, 2.75) is 12.7 Å². The van der Waals surface area contributed by atoms with Gasteiger partial charge in [-0.05, 0) is 18.2 Å². The average molecular weight is 310 g/mol. The molecule has 0 aliphatic rings. The molecule has 0 aliphatic carbocycles. The molecule has 0 bridgehead atoms. The monoisotopic (exact) mass is 310 g/mol. The number of nitrogens with one attached hydrogen (secondary N) is 1. The summed E-state index contributed by atoms with van der Waals surface area (Å²) in [4.78, 5) is 3.84. The third-order valence-corrected chi connectivity index (χ3v) is 2.93. The van der Waals surface area contributed by atoms with Crippen LogP contribution < -0.4 is 11.1 Å². The summed E-state index contributed by atoms with van der Waals surface area (Å²) in [5.74, 6) is -1.28. The van der Waals surface area contributed by atoms with Crippen LogP contribution in [0.2, 0.25) is 0 Å². The zero-order valence-electron chi connectivity index (χ0n) is 11.1. The Morgan fingerprint density at radius 3 is 2.64 bits per heavy atom. The van der Waals surface area contributed by atoms with Crippen molar-refractivity contribution < 1.29 is 17.6 Å². The van der Waals surface area contributed by atoms with Crippen LogP contribution in [0.4, 0.5) is 29.1 Å². The number of pyridine rings is 1. The van der Waals surface area contributed by atoms with E-state index < -0.39 is 17.6 Å². The molecule has 0 spiro atoms. The van der Waals surface area contributed by atoms with E-state index in [-0.39, 0.29) is 23.6 Å². The molecule has 4 nitrogen and oxygen atoms in total. The molecular weight excluding hydrogens is 300 g/mol. The maximum absolute atomic E-state index is 13.4. The van der Waals surface area contributed by atoms with Crippen molar-refractivity contribution in [1.29, 1.82) is 5.26 Å². The Labute approximate surface area is 123 Å². The molecule has 1 aromatic heterocycles. The highest BCUT2D eigenvalue weighted by Gasteiger charge is 2.35. The molecule has 2 aromatic rings. The highest BCUT2D eigenvalue weighted by atomic mass is 19.4. The molecule has 3 N–H and O–H groups in total. The second-order valence-corrected chi connectivity index (χ2v) is 4.39. The van der Waals surface area contributed by atoms with Crippen LogP contribution in [0.1, 0.15) is 16.7 Å². The van der Waals surface area contributed by atoms with Gasteiger partial charge in [-0.3, -0.25) is 0 Å². The van der Waals surface area contributed by atoms with Crippen LogP contribution in [0.15, 0.2) is 30.5 Å². The minimum absolute atomic E-state index is 0.0529. The smallest absolute Gasteiger partial charge is 0.383 e. The molecular formula is C14H10F4N4. The third kappa shape index (κ3) is 3.25. The molecule has 0 radical (unpaired) electrons. The highest BCUT2D eigenvalue weighted by molar-refractivity contribution is 5.60. The summed E-state index contributed by atoms with van der Waals surface area (Å²) in [5, 5.41) is 11.6. The number of benzene rings is 1. The van der Waals surface area contributed by atoms with Crippen molar-refractivity contribution in [3.05, 3.63) is 53.0 Å². The van der Waals surface area contributed by atoms with E-state index in [4.69, 9.17) is 11.0 Å². The lowest BCUT2D eigenvalue weighted by molar-refractivity contribution is -0.139. The lowest BCUT2D eigenvalue weighted by atomic mass is 10.1. The van der Waals surface area contributed by atoms with E-state index in [0.717, 1.165) is 0 Å². The van der Waals surface area contributed by atoms with Crippen LogP contribution in [0.3, 0.4) is 0 Å². The Kier molecular flexibility index (Phi) is 4.17. The summed E-state index contributed by atoms with van der Waals surface area (Å²) in [6.45, 7) is 0.0529. The fraction of sp³-hybridized carbons (Fsp3) is 0.143. The number of halogens is 4. The second-order valence-electron chi connectivity index (χ2n) is 4.39. The number of anilines is 2. The topological polar surface area (TPSA) is 74.7 Å². The van der Waals surface area contributed by atoms with Gasteiger partial charge in [0.2, 0.25) is 0 Å². The van der Waals surface area contributed by atoms with Gasteiger partial charge >= 0.3 is 6.18 Å². The van der Waals surface area contributed by atoms with Gasteiger partial charge in [0.1, 0.15) is 17.7 Å². The predicted octanol–water partition coefficient (Wildman–Crippen LogP) is 3.31. The summed E-state index contributed by atoms with van der Waals surface area (Å²) < 4.78 is 51.5. The number of alkyl halides is 3. The molecule has 0 unspecified atom stereocenters. The summed E-state index contributed by atoms with van der Waals surface area (Å²) in [5.41, 5.74) is 4.38. The highest BCUT2D eigenvalue weighted by Crippen LogP contribution is 2.34. The van der Waals surface area contributed by atoms with Crippen molar-refractivity contribution >= 4 is 11.5 Å². The largest absolute Gasteiger partial charge is 0.419 e. The second kappa shape index (κ2) is 5.89. The van der Waals surface area contributed by atoms with E-state index >= 15 is 0 Å². The van der Waals surface area contributed by atoms with E-state index in [1.165, 1.54) is 6.20 Å². The molecule has 0 saturated heterocycles. The average Bonchev–Trinajstić information content (AvgIpc) is 2.45. The first kappa shape index (κ1) is 15.6. The van der Waals surface area contributed by atoms with E-state index in [1.54, 1.807) is 18.2 Å². The molecule has 0 saturated carbocycles. The van der Waals surface area contributed by atoms with Crippen molar-refractivity contribution in [2.24, 2.45) is 0 Å². The van der Waals surface area contributed by atoms with Gasteiger partial charge in [-0.15, -0.1) is 0 Å². The summed E-state index contributed by atoms with van der Waals surface area (Å²) in [7, 11) is 0. The van der Waals surface area contributed by atoms with E-state index in [9.17, 15) is 17.6 Å². The van der Waals surface area contributed by atoms with Gasteiger partial charge in [0, 0.05) is 18.3 Å². The molecule has 0 fully saturated rings. The molecule has 22 heavy (non-hydrogen) atoms. The quantitative estimate of drug-likeness (QED) is 0.853. The first-order valence-electron chi connectivity index (χ1n) is 6.07. The maximum atomic E-state index is 13.4. The maximum Gasteiger partial charge on any atom is 0.419 e. The van der Waals surface area contributed by atoms with Gasteiger partial charge in [0.05, 0.1) is 16.8 Å². The third-order valence-electron chi connectivity index (χ3n) is 2.93. The fourth-order valence-electron chi connectivity index (χ4n) is 1.82. The zero-order chi connectivity index (χ0) is 16.3. The van der Waals surface area contributed by atoms with Gasteiger partial charge in [-0.25, -0.2) is 9.37 Å². The number of nitriles is 1. The van der Waals surface area contributed by atoms with Gasteiger partial charge < -0.3 is 11.1 Å². The molecule has 1 heterocycles. The Morgan fingerprint density at radius 2 is 2.05 bits per heavy atom. The van der Waals surface area contributed by atoms with Crippen molar-refractivity contribution in [3.8, 4) is 6.07 Å². The SMILES string of the molecule is N#Cc1cc(F)c(C(F)(F)F)cc1NCc1cccnc1N. The van der Waals surface area contributed by atoms with Crippen LogP contribution >= 0.6 is 0 Å². The molecule has 0 aliphatic heterocycles. The van der Waals surface area contributed by atoms with Crippen LogP contribution in [0, 0.1) is 17.1 Å². The standard InChI is InChI=1S/C14H10F4N4/c15-11-4-9(6-19)12(5-10(11)14(16,17)18)22-7-8-2-1-3-21-13(8)20/h1-5,22H,7H2,(H2,20,21). The number of rotatable bonds is 3. The number of aromatic nitrogens is 1. The fourth-order valence-corrected chi connectivity index (χ4v) is 1.82. The van der Waals surface area contributed by atoms with Crippen LogP contribution in [-0.4, -0.2) is 4.98 Å². The van der Waals surface area contributed by atoms with Gasteiger partial charge in [0.25, 0.3) is 0 Å². The molecule has 114 valence electrons. The summed E-state index contributed by atoms with van der Waals surface area (Å²) in [6.07, 6.45) is -3.37. The lowest BCUT2D eigenvalue weighted by Gasteiger charge is -2.14. The molecule has 1 aromatic carbocycles. The number of hydrogen-bond acceptors (Lipinski definition) is 4. The Bertz CT molecular complexity index is 735. The van der Waals surface area contributed by atoms with Crippen LogP contribution in [0.25, 0.3) is 0 Å². The van der Waals surface area contributed by atoms with Gasteiger partial charge in [0.15, 0.2) is 0 Å². The number of nitrogens with two attached hydrogens (primary N) is 1. The zero-order valence-corrected chi connectivity index (χ0v) is 11.1. The van der Waals surface area contributed by atoms with E-state index in [2.05, 4.69) is 10.3 Å². The number of nitrogen functional groups attached to an aromatic ring is 1. The normalized spacial score (nSPS) is 11.0. The Morgan fingerprint density at radius 1 is 1.32 bits per heavy atom. The van der Waals surface area contributed by atoms with E-state index in [1.807, 2.05) is 0 Å². The molecule has 0 atom stereocenters. The van der Waals surface area contributed by atoms with Gasteiger partial charge in [-0.2, -0.15) is 18.4 Å². The van der Waals surface area contributed by atoms with Crippen LogP contribution in [-0.2, 0) is 12.7 Å². The molecule has 0 amide bonds. The van der Waals surface area contributed by atoms with Gasteiger partial charge in [-0.1, -0.05) is 6.07 Å². The Hall–Kier alpha value is -2.82. The molecule has 8 heteroatoms. The summed E-state index contributed by atoms with van der Waals surface area (Å²) >= 11 is 0. The first-order valence-corrected chi connectivity index (χ1v) is 6.07. The van der Waals surface area contributed by atoms with E-state index in [0.29, 0.717) is 17.7 Å². The predicted molar refractivity (Wildman–Crippen MR) is 72.1 cm³/mol. The lowest BCUT2D eigenvalue weighted by Crippen LogP contribution is -2.11. The molecule has 2 rings (SSSR count). The van der Waals surface area contributed by atoms with Crippen molar-refractivity contribution in [1.82, 2.24) is 4.98 Å². The Balaban J connectivity index is 2.34. The summed E-state index contributed by atoms with van der Waals surface area (Å²) in [6, 6.07) is 6.02. The van der Waals surface area contributed by atoms with Crippen molar-refractivity contribution in [3.63, 3.8) is 0 Å².